The fourth-order valence-corrected chi connectivity index (χ4v) is 2.74. The Morgan fingerprint density at radius 1 is 1.47 bits per heavy atom. The third-order valence-electron chi connectivity index (χ3n) is 3.79. The molecule has 0 aliphatic carbocycles. The van der Waals surface area contributed by atoms with Gasteiger partial charge in [0, 0.05) is 19.1 Å². The Labute approximate surface area is 115 Å². The van der Waals surface area contributed by atoms with Gasteiger partial charge in [-0.3, -0.25) is 4.90 Å². The van der Waals surface area contributed by atoms with E-state index in [1.807, 2.05) is 12.1 Å². The summed E-state index contributed by atoms with van der Waals surface area (Å²) >= 11 is 0. The van der Waals surface area contributed by atoms with Crippen molar-refractivity contribution in [3.05, 3.63) is 23.9 Å². The number of nitriles is 1. The molecule has 1 N–H and O–H groups in total. The molecule has 2 heterocycles. The maximum atomic E-state index is 8.81. The lowest BCUT2D eigenvalue weighted by Crippen LogP contribution is -2.41. The van der Waals surface area contributed by atoms with Gasteiger partial charge in [0.25, 0.3) is 0 Å². The molecule has 0 amide bonds. The van der Waals surface area contributed by atoms with Gasteiger partial charge >= 0.3 is 0 Å². The van der Waals surface area contributed by atoms with Crippen molar-refractivity contribution in [2.24, 2.45) is 0 Å². The highest BCUT2D eigenvalue weighted by molar-refractivity contribution is 5.38. The topological polar surface area (TPSA) is 52.0 Å². The van der Waals surface area contributed by atoms with Gasteiger partial charge in [-0.05, 0) is 37.9 Å². The van der Waals surface area contributed by atoms with E-state index in [2.05, 4.69) is 28.2 Å². The van der Waals surface area contributed by atoms with Gasteiger partial charge < -0.3 is 5.32 Å². The first-order chi connectivity index (χ1) is 9.33. The number of aromatic nitrogens is 1. The van der Waals surface area contributed by atoms with E-state index < -0.39 is 0 Å². The van der Waals surface area contributed by atoms with E-state index in [0.29, 0.717) is 5.69 Å². The molecule has 1 aliphatic rings. The van der Waals surface area contributed by atoms with Gasteiger partial charge in [0.05, 0.1) is 0 Å². The SMILES string of the molecule is CCC1CCCCN1CCNc1cccc(C#N)n1. The second-order valence-electron chi connectivity index (χ2n) is 5.04. The second kappa shape index (κ2) is 7.10. The normalized spacial score (nSPS) is 19.9. The van der Waals surface area contributed by atoms with E-state index in [-0.39, 0.29) is 0 Å². The van der Waals surface area contributed by atoms with Crippen LogP contribution in [0.1, 0.15) is 38.3 Å². The summed E-state index contributed by atoms with van der Waals surface area (Å²) in [5.74, 6) is 0.795. The van der Waals surface area contributed by atoms with Crippen LogP contribution in [-0.2, 0) is 0 Å². The average molecular weight is 258 g/mol. The zero-order valence-corrected chi connectivity index (χ0v) is 11.6. The van der Waals surface area contributed by atoms with Crippen LogP contribution in [0.15, 0.2) is 18.2 Å². The first kappa shape index (κ1) is 13.8. The summed E-state index contributed by atoms with van der Waals surface area (Å²) in [5, 5.41) is 12.1. The van der Waals surface area contributed by atoms with E-state index in [1.165, 1.54) is 32.2 Å². The van der Waals surface area contributed by atoms with Crippen molar-refractivity contribution in [2.75, 3.05) is 25.0 Å². The molecule has 4 nitrogen and oxygen atoms in total. The maximum absolute atomic E-state index is 8.81. The van der Waals surface area contributed by atoms with Gasteiger partial charge in [-0.25, -0.2) is 4.98 Å². The van der Waals surface area contributed by atoms with Gasteiger partial charge in [0.15, 0.2) is 0 Å². The van der Waals surface area contributed by atoms with E-state index in [0.717, 1.165) is 24.9 Å². The predicted molar refractivity (Wildman–Crippen MR) is 76.9 cm³/mol. The minimum absolute atomic E-state index is 0.467. The highest BCUT2D eigenvalue weighted by Gasteiger charge is 2.19. The molecule has 0 saturated carbocycles. The van der Waals surface area contributed by atoms with Gasteiger partial charge in [0.2, 0.25) is 0 Å². The Balaban J connectivity index is 1.80. The number of pyridine rings is 1. The van der Waals surface area contributed by atoms with Crippen molar-refractivity contribution >= 4 is 5.82 Å². The molecular weight excluding hydrogens is 236 g/mol. The zero-order valence-electron chi connectivity index (χ0n) is 11.6. The Hall–Kier alpha value is -1.60. The Morgan fingerprint density at radius 2 is 2.37 bits per heavy atom. The van der Waals surface area contributed by atoms with Crippen LogP contribution >= 0.6 is 0 Å². The summed E-state index contributed by atoms with van der Waals surface area (Å²) in [6, 6.07) is 8.31. The fraction of sp³-hybridized carbons (Fsp3) is 0.600. The number of likely N-dealkylation sites (tertiary alicyclic amines) is 1. The Kier molecular flexibility index (Phi) is 5.17. The number of piperidine rings is 1. The van der Waals surface area contributed by atoms with Crippen molar-refractivity contribution in [1.82, 2.24) is 9.88 Å². The summed E-state index contributed by atoms with van der Waals surface area (Å²) in [7, 11) is 0. The fourth-order valence-electron chi connectivity index (χ4n) is 2.74. The summed E-state index contributed by atoms with van der Waals surface area (Å²) in [6.45, 7) is 5.43. The molecule has 2 rings (SSSR count). The van der Waals surface area contributed by atoms with Crippen LogP contribution in [0.3, 0.4) is 0 Å². The van der Waals surface area contributed by atoms with Gasteiger partial charge in [-0.2, -0.15) is 5.26 Å². The smallest absolute Gasteiger partial charge is 0.142 e. The lowest BCUT2D eigenvalue weighted by Gasteiger charge is -2.35. The molecule has 1 aromatic heterocycles. The van der Waals surface area contributed by atoms with E-state index in [1.54, 1.807) is 6.07 Å². The number of hydrogen-bond donors (Lipinski definition) is 1. The van der Waals surface area contributed by atoms with Crippen LogP contribution in [0, 0.1) is 11.3 Å². The van der Waals surface area contributed by atoms with Crippen LogP contribution < -0.4 is 5.32 Å². The number of nitrogens with zero attached hydrogens (tertiary/aromatic N) is 3. The van der Waals surface area contributed by atoms with Crippen molar-refractivity contribution in [3.63, 3.8) is 0 Å². The second-order valence-corrected chi connectivity index (χ2v) is 5.04. The standard InChI is InChI=1S/C15H22N4/c1-2-14-7-3-4-10-19(14)11-9-17-15-8-5-6-13(12-16)18-15/h5-6,8,14H,2-4,7,9-11H2,1H3,(H,17,18). The molecule has 102 valence electrons. The quantitative estimate of drug-likeness (QED) is 0.882. The lowest BCUT2D eigenvalue weighted by molar-refractivity contribution is 0.150. The first-order valence-electron chi connectivity index (χ1n) is 7.18. The molecule has 1 saturated heterocycles. The van der Waals surface area contributed by atoms with E-state index in [9.17, 15) is 0 Å². The molecule has 0 aromatic carbocycles. The highest BCUT2D eigenvalue weighted by Crippen LogP contribution is 2.18. The summed E-state index contributed by atoms with van der Waals surface area (Å²) < 4.78 is 0. The third kappa shape index (κ3) is 3.93. The predicted octanol–water partition coefficient (Wildman–Crippen LogP) is 2.63. The largest absolute Gasteiger partial charge is 0.369 e. The van der Waals surface area contributed by atoms with E-state index in [4.69, 9.17) is 5.26 Å². The summed E-state index contributed by atoms with van der Waals surface area (Å²) in [4.78, 5) is 6.80. The monoisotopic (exact) mass is 258 g/mol. The first-order valence-corrected chi connectivity index (χ1v) is 7.18. The average Bonchev–Trinajstić information content (AvgIpc) is 2.48. The number of anilines is 1. The molecule has 19 heavy (non-hydrogen) atoms. The minimum atomic E-state index is 0.467. The Morgan fingerprint density at radius 3 is 3.16 bits per heavy atom. The van der Waals surface area contributed by atoms with Gasteiger partial charge in [-0.1, -0.05) is 19.4 Å². The van der Waals surface area contributed by atoms with Crippen LogP contribution in [0.5, 0.6) is 0 Å². The summed E-state index contributed by atoms with van der Waals surface area (Å²) in [6.07, 6.45) is 5.26. The molecule has 1 fully saturated rings. The highest BCUT2D eigenvalue weighted by atomic mass is 15.2. The van der Waals surface area contributed by atoms with Crippen LogP contribution in [0.25, 0.3) is 0 Å². The molecule has 1 unspecified atom stereocenters. The number of hydrogen-bond acceptors (Lipinski definition) is 4. The minimum Gasteiger partial charge on any atom is -0.369 e. The van der Waals surface area contributed by atoms with Gasteiger partial charge in [-0.15, -0.1) is 0 Å². The van der Waals surface area contributed by atoms with Crippen LogP contribution in [0.2, 0.25) is 0 Å². The lowest BCUT2D eigenvalue weighted by atomic mass is 10.0. The zero-order chi connectivity index (χ0) is 13.5. The molecule has 1 atom stereocenters. The molecule has 0 radical (unpaired) electrons. The van der Waals surface area contributed by atoms with Crippen molar-refractivity contribution in [2.45, 2.75) is 38.6 Å². The van der Waals surface area contributed by atoms with Crippen LogP contribution in [-0.4, -0.2) is 35.6 Å². The molecule has 4 heteroatoms. The van der Waals surface area contributed by atoms with Crippen molar-refractivity contribution in [3.8, 4) is 6.07 Å². The number of nitrogens with one attached hydrogen (secondary N) is 1. The number of rotatable bonds is 5. The molecule has 1 aromatic rings. The van der Waals surface area contributed by atoms with Crippen molar-refractivity contribution < 1.29 is 0 Å². The third-order valence-corrected chi connectivity index (χ3v) is 3.79. The Bertz CT molecular complexity index is 438. The molecule has 1 aliphatic heterocycles. The van der Waals surface area contributed by atoms with E-state index >= 15 is 0 Å². The molecule has 0 spiro atoms. The molecule has 0 bridgehead atoms. The molecular formula is C15H22N4. The van der Waals surface area contributed by atoms with Crippen LogP contribution in [0.4, 0.5) is 5.82 Å². The maximum Gasteiger partial charge on any atom is 0.142 e. The summed E-state index contributed by atoms with van der Waals surface area (Å²) in [5.41, 5.74) is 0.467. The van der Waals surface area contributed by atoms with Crippen molar-refractivity contribution in [1.29, 1.82) is 5.26 Å². The van der Waals surface area contributed by atoms with Gasteiger partial charge in [0.1, 0.15) is 17.6 Å².